The Kier molecular flexibility index (Phi) is 4.53. The van der Waals surface area contributed by atoms with E-state index >= 15 is 0 Å². The molecule has 2 atom stereocenters. The van der Waals surface area contributed by atoms with Crippen LogP contribution in [0.4, 0.5) is 0 Å². The minimum Gasteiger partial charge on any atom is -0.271 e. The molecule has 0 aliphatic heterocycles. The van der Waals surface area contributed by atoms with Crippen molar-refractivity contribution in [3.8, 4) is 0 Å². The van der Waals surface area contributed by atoms with Crippen LogP contribution in [-0.4, -0.2) is 0 Å². The zero-order valence-electron chi connectivity index (χ0n) is 11.0. The third-order valence-electron chi connectivity index (χ3n) is 3.37. The van der Waals surface area contributed by atoms with Gasteiger partial charge >= 0.3 is 0 Å². The second-order valence-corrected chi connectivity index (χ2v) is 6.99. The van der Waals surface area contributed by atoms with Gasteiger partial charge in [0.15, 0.2) is 0 Å². The second kappa shape index (κ2) is 5.30. The van der Waals surface area contributed by atoms with Gasteiger partial charge in [-0.05, 0) is 36.8 Å². The van der Waals surface area contributed by atoms with Crippen molar-refractivity contribution in [2.45, 2.75) is 47.1 Å². The van der Waals surface area contributed by atoms with E-state index in [1.807, 2.05) is 11.3 Å². The Morgan fingerprint density at radius 2 is 2.00 bits per heavy atom. The highest BCUT2D eigenvalue weighted by molar-refractivity contribution is 7.12. The first-order valence-electron chi connectivity index (χ1n) is 5.87. The molecule has 92 valence electrons. The molecule has 2 unspecified atom stereocenters. The van der Waals surface area contributed by atoms with Gasteiger partial charge in [-0.2, -0.15) is 0 Å². The molecular formula is C13H24N2S. The fourth-order valence-corrected chi connectivity index (χ4v) is 2.56. The Balaban J connectivity index is 2.70. The van der Waals surface area contributed by atoms with Crippen LogP contribution in [0.25, 0.3) is 0 Å². The molecule has 3 heteroatoms. The average molecular weight is 240 g/mol. The summed E-state index contributed by atoms with van der Waals surface area (Å²) in [5.41, 5.74) is 3.28. The first-order chi connectivity index (χ1) is 7.34. The number of hydrogen-bond acceptors (Lipinski definition) is 3. The number of thiophene rings is 1. The van der Waals surface area contributed by atoms with Crippen LogP contribution in [0.15, 0.2) is 12.1 Å². The molecule has 0 aliphatic carbocycles. The standard InChI is InChI=1S/C13H24N2S/c1-9(13(3,4)5)8-11(15-14)12-7-6-10(2)16-12/h6-7,9,11,15H,8,14H2,1-5H3. The van der Waals surface area contributed by atoms with Crippen LogP contribution in [0.1, 0.15) is 49.9 Å². The maximum absolute atomic E-state index is 5.66. The van der Waals surface area contributed by atoms with Crippen molar-refractivity contribution in [2.24, 2.45) is 17.2 Å². The van der Waals surface area contributed by atoms with E-state index in [-0.39, 0.29) is 6.04 Å². The molecule has 1 aromatic rings. The molecular weight excluding hydrogens is 216 g/mol. The van der Waals surface area contributed by atoms with Gasteiger partial charge < -0.3 is 0 Å². The summed E-state index contributed by atoms with van der Waals surface area (Å²) in [6, 6.07) is 4.62. The molecule has 1 rings (SSSR count). The maximum atomic E-state index is 5.66. The van der Waals surface area contributed by atoms with E-state index in [9.17, 15) is 0 Å². The lowest BCUT2D eigenvalue weighted by Crippen LogP contribution is -2.31. The Hall–Kier alpha value is -0.380. The monoisotopic (exact) mass is 240 g/mol. The molecule has 0 aliphatic rings. The SMILES string of the molecule is Cc1ccc(C(CC(C)C(C)(C)C)NN)s1. The minimum atomic E-state index is 0.285. The summed E-state index contributed by atoms with van der Waals surface area (Å²) in [4.78, 5) is 2.69. The summed E-state index contributed by atoms with van der Waals surface area (Å²) < 4.78 is 0. The van der Waals surface area contributed by atoms with E-state index < -0.39 is 0 Å². The highest BCUT2D eigenvalue weighted by Gasteiger charge is 2.24. The Labute approximate surface area is 103 Å². The van der Waals surface area contributed by atoms with Crippen LogP contribution >= 0.6 is 11.3 Å². The lowest BCUT2D eigenvalue weighted by molar-refractivity contribution is 0.224. The summed E-state index contributed by atoms with van der Waals surface area (Å²) >= 11 is 1.83. The quantitative estimate of drug-likeness (QED) is 0.623. The van der Waals surface area contributed by atoms with Crippen molar-refractivity contribution in [3.63, 3.8) is 0 Å². The van der Waals surface area contributed by atoms with Gasteiger partial charge in [0.2, 0.25) is 0 Å². The Bertz CT molecular complexity index is 325. The third-order valence-corrected chi connectivity index (χ3v) is 4.49. The summed E-state index contributed by atoms with van der Waals surface area (Å²) in [5.74, 6) is 6.30. The molecule has 0 fully saturated rings. The predicted molar refractivity (Wildman–Crippen MR) is 72.4 cm³/mol. The van der Waals surface area contributed by atoms with Gasteiger partial charge in [0.05, 0.1) is 6.04 Å². The average Bonchev–Trinajstić information content (AvgIpc) is 2.59. The molecule has 0 bridgehead atoms. The highest BCUT2D eigenvalue weighted by Crippen LogP contribution is 2.34. The topological polar surface area (TPSA) is 38.0 Å². The normalized spacial score (nSPS) is 16.1. The van der Waals surface area contributed by atoms with Crippen molar-refractivity contribution in [2.75, 3.05) is 0 Å². The Morgan fingerprint density at radius 3 is 2.38 bits per heavy atom. The zero-order chi connectivity index (χ0) is 12.3. The maximum Gasteiger partial charge on any atom is 0.0556 e. The number of nitrogens with two attached hydrogens (primary N) is 1. The van der Waals surface area contributed by atoms with Crippen LogP contribution in [0.3, 0.4) is 0 Å². The largest absolute Gasteiger partial charge is 0.271 e. The molecule has 0 radical (unpaired) electrons. The summed E-state index contributed by atoms with van der Waals surface area (Å²) in [7, 11) is 0. The number of aryl methyl sites for hydroxylation is 1. The van der Waals surface area contributed by atoms with E-state index in [0.717, 1.165) is 6.42 Å². The van der Waals surface area contributed by atoms with Crippen molar-refractivity contribution in [1.82, 2.24) is 5.43 Å². The van der Waals surface area contributed by atoms with Crippen molar-refractivity contribution < 1.29 is 0 Å². The fraction of sp³-hybridized carbons (Fsp3) is 0.692. The molecule has 0 amide bonds. The number of nitrogens with one attached hydrogen (secondary N) is 1. The van der Waals surface area contributed by atoms with Crippen molar-refractivity contribution >= 4 is 11.3 Å². The highest BCUT2D eigenvalue weighted by atomic mass is 32.1. The molecule has 0 saturated carbocycles. The number of rotatable bonds is 4. The lowest BCUT2D eigenvalue weighted by atomic mass is 9.78. The zero-order valence-corrected chi connectivity index (χ0v) is 11.8. The van der Waals surface area contributed by atoms with E-state index in [0.29, 0.717) is 11.3 Å². The van der Waals surface area contributed by atoms with E-state index in [4.69, 9.17) is 5.84 Å². The van der Waals surface area contributed by atoms with Crippen molar-refractivity contribution in [1.29, 1.82) is 0 Å². The molecule has 3 N–H and O–H groups in total. The first kappa shape index (κ1) is 13.7. The minimum absolute atomic E-state index is 0.285. The molecule has 0 spiro atoms. The Morgan fingerprint density at radius 1 is 1.38 bits per heavy atom. The second-order valence-electron chi connectivity index (χ2n) is 5.67. The van der Waals surface area contributed by atoms with Gasteiger partial charge in [-0.1, -0.05) is 27.7 Å². The van der Waals surface area contributed by atoms with Crippen LogP contribution in [0, 0.1) is 18.3 Å². The van der Waals surface area contributed by atoms with Gasteiger partial charge in [-0.15, -0.1) is 11.3 Å². The van der Waals surface area contributed by atoms with E-state index in [2.05, 4.69) is 52.2 Å². The molecule has 0 saturated heterocycles. The van der Waals surface area contributed by atoms with Gasteiger partial charge in [0.1, 0.15) is 0 Å². The third kappa shape index (κ3) is 3.58. The van der Waals surface area contributed by atoms with Gasteiger partial charge in [0.25, 0.3) is 0 Å². The smallest absolute Gasteiger partial charge is 0.0556 e. The molecule has 1 heterocycles. The fourth-order valence-electron chi connectivity index (χ4n) is 1.61. The molecule has 2 nitrogen and oxygen atoms in total. The number of hydrogen-bond donors (Lipinski definition) is 2. The van der Waals surface area contributed by atoms with Crippen LogP contribution < -0.4 is 11.3 Å². The van der Waals surface area contributed by atoms with E-state index in [1.165, 1.54) is 9.75 Å². The van der Waals surface area contributed by atoms with Crippen LogP contribution in [0.2, 0.25) is 0 Å². The molecule has 16 heavy (non-hydrogen) atoms. The summed E-state index contributed by atoms with van der Waals surface area (Å²) in [6.45, 7) is 11.3. The van der Waals surface area contributed by atoms with E-state index in [1.54, 1.807) is 0 Å². The van der Waals surface area contributed by atoms with Crippen molar-refractivity contribution in [3.05, 3.63) is 21.9 Å². The van der Waals surface area contributed by atoms with Crippen LogP contribution in [0.5, 0.6) is 0 Å². The molecule has 1 aromatic heterocycles. The lowest BCUT2D eigenvalue weighted by Gasteiger charge is -2.30. The summed E-state index contributed by atoms with van der Waals surface area (Å²) in [6.07, 6.45) is 1.08. The summed E-state index contributed by atoms with van der Waals surface area (Å²) in [5, 5.41) is 0. The predicted octanol–water partition coefficient (Wildman–Crippen LogP) is 3.63. The van der Waals surface area contributed by atoms with Gasteiger partial charge in [-0.3, -0.25) is 11.3 Å². The van der Waals surface area contributed by atoms with Gasteiger partial charge in [-0.25, -0.2) is 0 Å². The first-order valence-corrected chi connectivity index (χ1v) is 6.68. The number of hydrazine groups is 1. The van der Waals surface area contributed by atoms with Crippen LogP contribution in [-0.2, 0) is 0 Å². The molecule has 0 aromatic carbocycles. The van der Waals surface area contributed by atoms with Gasteiger partial charge in [0, 0.05) is 9.75 Å².